The second kappa shape index (κ2) is 9.02. The minimum absolute atomic E-state index is 0.0945. The average Bonchev–Trinajstić information content (AvgIpc) is 3.53. The summed E-state index contributed by atoms with van der Waals surface area (Å²) in [6.07, 6.45) is 0.902. The maximum absolute atomic E-state index is 12.5. The van der Waals surface area contributed by atoms with Gasteiger partial charge in [0.1, 0.15) is 0 Å². The van der Waals surface area contributed by atoms with Crippen molar-refractivity contribution in [3.05, 3.63) is 65.7 Å². The van der Waals surface area contributed by atoms with E-state index in [9.17, 15) is 9.59 Å². The van der Waals surface area contributed by atoms with Crippen molar-refractivity contribution in [2.24, 2.45) is 0 Å². The van der Waals surface area contributed by atoms with E-state index in [1.165, 1.54) is 11.1 Å². The van der Waals surface area contributed by atoms with Gasteiger partial charge >= 0.3 is 11.8 Å². The fraction of sp³-hybridized carbons (Fsp3) is 0.391. The van der Waals surface area contributed by atoms with Crippen LogP contribution in [0.5, 0.6) is 0 Å². The Hall–Kier alpha value is -2.66. The van der Waals surface area contributed by atoms with Gasteiger partial charge in [0.2, 0.25) is 0 Å². The van der Waals surface area contributed by atoms with Gasteiger partial charge in [-0.15, -0.1) is 0 Å². The molecular weight excluding hydrogens is 350 g/mol. The van der Waals surface area contributed by atoms with Crippen LogP contribution in [0.2, 0.25) is 0 Å². The number of likely N-dealkylation sites (N-methyl/N-ethyl adjacent to an activating group) is 1. The lowest BCUT2D eigenvalue weighted by molar-refractivity contribution is -0.142. The molecule has 1 aliphatic rings. The summed E-state index contributed by atoms with van der Waals surface area (Å²) < 4.78 is 0. The third kappa shape index (κ3) is 4.78. The summed E-state index contributed by atoms with van der Waals surface area (Å²) >= 11 is 0. The van der Waals surface area contributed by atoms with Crippen molar-refractivity contribution in [2.45, 2.75) is 38.8 Å². The van der Waals surface area contributed by atoms with E-state index in [0.717, 1.165) is 26.1 Å². The van der Waals surface area contributed by atoms with Crippen molar-refractivity contribution >= 4 is 17.5 Å². The minimum atomic E-state index is -0.585. The van der Waals surface area contributed by atoms with Crippen LogP contribution in [0.1, 0.15) is 37.3 Å². The number of nitrogens with zero attached hydrogens (tertiary/aromatic N) is 2. The first-order valence-corrected chi connectivity index (χ1v) is 9.97. The van der Waals surface area contributed by atoms with Crippen LogP contribution in [0.25, 0.3) is 0 Å². The maximum atomic E-state index is 12.5. The zero-order chi connectivity index (χ0) is 20.1. The molecule has 0 heterocycles. The molecule has 2 atom stereocenters. The SMILES string of the molecule is CCN(CC)Cc1ccc(NC(=O)C(=O)N(C)C2CC2c2ccccc2)cc1. The molecule has 148 valence electrons. The first-order valence-electron chi connectivity index (χ1n) is 9.97. The van der Waals surface area contributed by atoms with Gasteiger partial charge < -0.3 is 10.2 Å². The van der Waals surface area contributed by atoms with Crippen molar-refractivity contribution in [1.29, 1.82) is 0 Å². The molecule has 0 bridgehead atoms. The van der Waals surface area contributed by atoms with Crippen LogP contribution >= 0.6 is 0 Å². The average molecular weight is 380 g/mol. The second-order valence-corrected chi connectivity index (χ2v) is 7.35. The third-order valence-electron chi connectivity index (χ3n) is 5.51. The molecule has 5 nitrogen and oxygen atoms in total. The Balaban J connectivity index is 1.53. The highest BCUT2D eigenvalue weighted by molar-refractivity contribution is 6.39. The van der Waals surface area contributed by atoms with E-state index in [-0.39, 0.29) is 6.04 Å². The molecule has 1 N–H and O–H groups in total. The molecule has 2 aromatic rings. The number of carbonyl (C=O) groups excluding carboxylic acids is 2. The number of anilines is 1. The molecule has 1 saturated carbocycles. The molecule has 3 rings (SSSR count). The predicted octanol–water partition coefficient (Wildman–Crippen LogP) is 3.48. The fourth-order valence-electron chi connectivity index (χ4n) is 3.56. The monoisotopic (exact) mass is 379 g/mol. The van der Waals surface area contributed by atoms with Crippen molar-refractivity contribution < 1.29 is 9.59 Å². The first kappa shape index (κ1) is 20.1. The van der Waals surface area contributed by atoms with E-state index < -0.39 is 11.8 Å². The van der Waals surface area contributed by atoms with Gasteiger partial charge in [-0.3, -0.25) is 14.5 Å². The molecule has 0 aliphatic heterocycles. The fourth-order valence-corrected chi connectivity index (χ4v) is 3.56. The van der Waals surface area contributed by atoms with Gasteiger partial charge in [0.15, 0.2) is 0 Å². The molecule has 1 fully saturated rings. The molecule has 28 heavy (non-hydrogen) atoms. The van der Waals surface area contributed by atoms with Gasteiger partial charge in [-0.25, -0.2) is 0 Å². The number of nitrogens with one attached hydrogen (secondary N) is 1. The third-order valence-corrected chi connectivity index (χ3v) is 5.51. The van der Waals surface area contributed by atoms with Crippen molar-refractivity contribution in [2.75, 3.05) is 25.5 Å². The number of amides is 2. The Kier molecular flexibility index (Phi) is 6.47. The topological polar surface area (TPSA) is 52.7 Å². The maximum Gasteiger partial charge on any atom is 0.313 e. The van der Waals surface area contributed by atoms with Crippen LogP contribution in [-0.2, 0) is 16.1 Å². The number of hydrogen-bond donors (Lipinski definition) is 1. The zero-order valence-electron chi connectivity index (χ0n) is 16.9. The lowest BCUT2D eigenvalue weighted by Gasteiger charge is -2.18. The quantitative estimate of drug-likeness (QED) is 0.750. The van der Waals surface area contributed by atoms with E-state index in [4.69, 9.17) is 0 Å². The van der Waals surface area contributed by atoms with Crippen LogP contribution in [0, 0.1) is 0 Å². The van der Waals surface area contributed by atoms with Gasteiger partial charge in [-0.1, -0.05) is 56.3 Å². The van der Waals surface area contributed by atoms with Gasteiger partial charge in [-0.2, -0.15) is 0 Å². The Morgan fingerprint density at radius 1 is 1.00 bits per heavy atom. The highest BCUT2D eigenvalue weighted by Crippen LogP contribution is 2.44. The highest BCUT2D eigenvalue weighted by atomic mass is 16.2. The standard InChI is InChI=1S/C23H29N3O2/c1-4-26(5-2)16-17-11-13-19(14-12-17)24-22(27)23(28)25(3)21-15-20(21)18-9-7-6-8-10-18/h6-14,20-21H,4-5,15-16H2,1-3H3,(H,24,27). The molecule has 2 aromatic carbocycles. The van der Waals surface area contributed by atoms with E-state index >= 15 is 0 Å². The summed E-state index contributed by atoms with van der Waals surface area (Å²) in [6, 6.07) is 17.9. The Labute approximate surface area is 167 Å². The van der Waals surface area contributed by atoms with E-state index in [1.807, 2.05) is 42.5 Å². The summed E-state index contributed by atoms with van der Waals surface area (Å²) in [5, 5.41) is 2.72. The predicted molar refractivity (Wildman–Crippen MR) is 112 cm³/mol. The summed E-state index contributed by atoms with van der Waals surface area (Å²) in [7, 11) is 1.71. The van der Waals surface area contributed by atoms with Gasteiger partial charge in [-0.05, 0) is 42.8 Å². The summed E-state index contributed by atoms with van der Waals surface area (Å²) in [4.78, 5) is 28.8. The van der Waals surface area contributed by atoms with Crippen molar-refractivity contribution in [1.82, 2.24) is 9.80 Å². The molecule has 0 radical (unpaired) electrons. The molecule has 2 unspecified atom stereocenters. The van der Waals surface area contributed by atoms with Crippen LogP contribution < -0.4 is 5.32 Å². The Morgan fingerprint density at radius 2 is 1.64 bits per heavy atom. The summed E-state index contributed by atoms with van der Waals surface area (Å²) in [5.41, 5.74) is 3.05. The van der Waals surface area contributed by atoms with Crippen molar-refractivity contribution in [3.63, 3.8) is 0 Å². The van der Waals surface area contributed by atoms with Crippen molar-refractivity contribution in [3.8, 4) is 0 Å². The highest BCUT2D eigenvalue weighted by Gasteiger charge is 2.44. The molecular formula is C23H29N3O2. The number of carbonyl (C=O) groups is 2. The van der Waals surface area contributed by atoms with Crippen LogP contribution in [0.3, 0.4) is 0 Å². The second-order valence-electron chi connectivity index (χ2n) is 7.35. The Morgan fingerprint density at radius 3 is 2.25 bits per heavy atom. The molecule has 0 aromatic heterocycles. The van der Waals surface area contributed by atoms with Gasteiger partial charge in [0.25, 0.3) is 0 Å². The Bertz CT molecular complexity index is 800. The molecule has 5 heteroatoms. The van der Waals surface area contributed by atoms with E-state index in [0.29, 0.717) is 11.6 Å². The van der Waals surface area contributed by atoms with Crippen LogP contribution in [0.4, 0.5) is 5.69 Å². The van der Waals surface area contributed by atoms with Crippen LogP contribution in [0.15, 0.2) is 54.6 Å². The molecule has 2 amide bonds. The smallest absolute Gasteiger partial charge is 0.313 e. The molecule has 0 spiro atoms. The first-order chi connectivity index (χ1) is 13.5. The summed E-state index contributed by atoms with van der Waals surface area (Å²) in [5.74, 6) is -0.754. The minimum Gasteiger partial charge on any atom is -0.334 e. The number of hydrogen-bond acceptors (Lipinski definition) is 3. The van der Waals surface area contributed by atoms with E-state index in [2.05, 4.69) is 36.2 Å². The largest absolute Gasteiger partial charge is 0.334 e. The van der Waals surface area contributed by atoms with Gasteiger partial charge in [0.05, 0.1) is 0 Å². The number of benzene rings is 2. The zero-order valence-corrected chi connectivity index (χ0v) is 16.9. The normalized spacial score (nSPS) is 18.0. The lowest BCUT2D eigenvalue weighted by Crippen LogP contribution is -2.38. The van der Waals surface area contributed by atoms with Gasteiger partial charge in [0, 0.05) is 31.2 Å². The molecule has 0 saturated heterocycles. The van der Waals surface area contributed by atoms with E-state index in [1.54, 1.807) is 11.9 Å². The van der Waals surface area contributed by atoms with Crippen LogP contribution in [-0.4, -0.2) is 47.8 Å². The summed E-state index contributed by atoms with van der Waals surface area (Å²) in [6.45, 7) is 7.16. The lowest BCUT2D eigenvalue weighted by atomic mass is 10.1. The number of rotatable bonds is 7. The molecule has 1 aliphatic carbocycles.